The van der Waals surface area contributed by atoms with E-state index >= 15 is 0 Å². The summed E-state index contributed by atoms with van der Waals surface area (Å²) in [4.78, 5) is 12.3. The Morgan fingerprint density at radius 1 is 1.15 bits per heavy atom. The number of rotatable bonds is 10. The van der Waals surface area contributed by atoms with E-state index in [1.807, 2.05) is 18.2 Å². The summed E-state index contributed by atoms with van der Waals surface area (Å²) in [7, 11) is 1.60. The maximum absolute atomic E-state index is 12.3. The Kier molecular flexibility index (Phi) is 8.27. The van der Waals surface area contributed by atoms with Gasteiger partial charge in [0.05, 0.1) is 13.7 Å². The third kappa shape index (κ3) is 6.68. The molecule has 2 aromatic rings. The molecule has 0 aliphatic carbocycles. The molecule has 0 saturated heterocycles. The van der Waals surface area contributed by atoms with Crippen molar-refractivity contribution in [3.8, 4) is 17.2 Å². The van der Waals surface area contributed by atoms with Gasteiger partial charge in [-0.15, -0.1) is 0 Å². The lowest BCUT2D eigenvalue weighted by molar-refractivity contribution is -0.127. The van der Waals surface area contributed by atoms with Crippen molar-refractivity contribution in [1.29, 1.82) is 0 Å². The van der Waals surface area contributed by atoms with Gasteiger partial charge in [-0.2, -0.15) is 0 Å². The third-order valence-electron chi connectivity index (χ3n) is 3.95. The fraction of sp³-hybridized carbons (Fsp3) is 0.381. The predicted octanol–water partition coefficient (Wildman–Crippen LogP) is 4.61. The molecule has 1 amide bonds. The molecule has 0 bridgehead atoms. The van der Waals surface area contributed by atoms with Crippen molar-refractivity contribution in [2.24, 2.45) is 0 Å². The fourth-order valence-electron chi connectivity index (χ4n) is 2.37. The minimum atomic E-state index is -0.621. The average molecular weight is 392 g/mol. The number of carbonyl (C=O) groups excluding carboxylic acids is 1. The van der Waals surface area contributed by atoms with E-state index in [1.165, 1.54) is 0 Å². The summed E-state index contributed by atoms with van der Waals surface area (Å²) in [5.74, 6) is 1.76. The van der Waals surface area contributed by atoms with Crippen LogP contribution in [0, 0.1) is 0 Å². The number of hydrogen-bond acceptors (Lipinski definition) is 4. The minimum absolute atomic E-state index is 0.202. The van der Waals surface area contributed by atoms with Gasteiger partial charge < -0.3 is 19.5 Å². The lowest BCUT2D eigenvalue weighted by Crippen LogP contribution is -2.35. The number of unbranched alkanes of at least 4 members (excludes halogenated alkanes) is 1. The first-order chi connectivity index (χ1) is 13.0. The first kappa shape index (κ1) is 20.9. The van der Waals surface area contributed by atoms with Crippen molar-refractivity contribution in [2.45, 2.75) is 39.3 Å². The molecule has 0 radical (unpaired) electrons. The van der Waals surface area contributed by atoms with Crippen LogP contribution in [0.15, 0.2) is 42.5 Å². The Balaban J connectivity index is 1.88. The molecule has 2 aromatic carbocycles. The first-order valence-corrected chi connectivity index (χ1v) is 9.41. The second kappa shape index (κ2) is 10.7. The molecule has 5 nitrogen and oxygen atoms in total. The van der Waals surface area contributed by atoms with E-state index in [4.69, 9.17) is 25.8 Å². The molecule has 1 unspecified atom stereocenters. The summed E-state index contributed by atoms with van der Waals surface area (Å²) < 4.78 is 16.7. The van der Waals surface area contributed by atoms with Gasteiger partial charge >= 0.3 is 0 Å². The van der Waals surface area contributed by atoms with Crippen molar-refractivity contribution in [3.63, 3.8) is 0 Å². The predicted molar refractivity (Wildman–Crippen MR) is 107 cm³/mol. The molecule has 0 spiro atoms. The molecule has 0 saturated carbocycles. The standard InChI is InChI=1S/C21H26ClNO4/c1-4-5-12-26-19-11-6-16(13-20(19)25-3)14-23-21(24)15(2)27-18-9-7-17(22)8-10-18/h6-11,13,15H,4-5,12,14H2,1-3H3,(H,23,24). The van der Waals surface area contributed by atoms with Gasteiger partial charge in [-0.25, -0.2) is 0 Å². The van der Waals surface area contributed by atoms with Crippen LogP contribution in [-0.4, -0.2) is 25.7 Å². The molecule has 1 N–H and O–H groups in total. The van der Waals surface area contributed by atoms with Gasteiger partial charge in [0, 0.05) is 11.6 Å². The highest BCUT2D eigenvalue weighted by atomic mass is 35.5. The quantitative estimate of drug-likeness (QED) is 0.601. The normalized spacial score (nSPS) is 11.6. The fourth-order valence-corrected chi connectivity index (χ4v) is 2.50. The number of benzene rings is 2. The Hall–Kier alpha value is -2.40. The van der Waals surface area contributed by atoms with Crippen LogP contribution >= 0.6 is 11.6 Å². The highest BCUT2D eigenvalue weighted by molar-refractivity contribution is 6.30. The maximum Gasteiger partial charge on any atom is 0.261 e. The molecule has 2 rings (SSSR count). The number of methoxy groups -OCH3 is 1. The lowest BCUT2D eigenvalue weighted by atomic mass is 10.2. The summed E-state index contributed by atoms with van der Waals surface area (Å²) >= 11 is 5.85. The molecule has 146 valence electrons. The lowest BCUT2D eigenvalue weighted by Gasteiger charge is -2.16. The molecule has 0 aliphatic heterocycles. The topological polar surface area (TPSA) is 56.8 Å². The van der Waals surface area contributed by atoms with E-state index < -0.39 is 6.10 Å². The zero-order chi connectivity index (χ0) is 19.6. The largest absolute Gasteiger partial charge is 0.493 e. The van der Waals surface area contributed by atoms with E-state index in [-0.39, 0.29) is 5.91 Å². The maximum atomic E-state index is 12.3. The number of hydrogen-bond donors (Lipinski definition) is 1. The minimum Gasteiger partial charge on any atom is -0.493 e. The molecule has 0 fully saturated rings. The van der Waals surface area contributed by atoms with E-state index in [2.05, 4.69) is 12.2 Å². The van der Waals surface area contributed by atoms with Crippen LogP contribution in [0.1, 0.15) is 32.3 Å². The number of amides is 1. The van der Waals surface area contributed by atoms with Crippen molar-refractivity contribution < 1.29 is 19.0 Å². The van der Waals surface area contributed by atoms with Crippen molar-refractivity contribution in [1.82, 2.24) is 5.32 Å². The average Bonchev–Trinajstić information content (AvgIpc) is 2.68. The Labute approximate surface area is 165 Å². The number of carbonyl (C=O) groups is 1. The van der Waals surface area contributed by atoms with Crippen molar-refractivity contribution in [3.05, 3.63) is 53.1 Å². The van der Waals surface area contributed by atoms with Crippen LogP contribution in [0.5, 0.6) is 17.2 Å². The van der Waals surface area contributed by atoms with Crippen molar-refractivity contribution in [2.75, 3.05) is 13.7 Å². The molecule has 1 atom stereocenters. The van der Waals surface area contributed by atoms with Crippen LogP contribution in [0.4, 0.5) is 0 Å². The molecule has 6 heteroatoms. The summed E-state index contributed by atoms with van der Waals surface area (Å²) in [6, 6.07) is 12.5. The molecular formula is C21H26ClNO4. The smallest absolute Gasteiger partial charge is 0.261 e. The second-order valence-electron chi connectivity index (χ2n) is 6.12. The number of ether oxygens (including phenoxy) is 3. The Morgan fingerprint density at radius 2 is 1.89 bits per heavy atom. The summed E-state index contributed by atoms with van der Waals surface area (Å²) in [6.45, 7) is 4.85. The van der Waals surface area contributed by atoms with Gasteiger partial charge in [-0.1, -0.05) is 31.0 Å². The molecular weight excluding hydrogens is 366 g/mol. The van der Waals surface area contributed by atoms with E-state index in [1.54, 1.807) is 38.3 Å². The van der Waals surface area contributed by atoms with Gasteiger partial charge in [0.25, 0.3) is 5.91 Å². The van der Waals surface area contributed by atoms with E-state index in [0.29, 0.717) is 35.4 Å². The second-order valence-corrected chi connectivity index (χ2v) is 6.56. The monoisotopic (exact) mass is 391 g/mol. The van der Waals surface area contributed by atoms with Gasteiger partial charge in [0.15, 0.2) is 17.6 Å². The van der Waals surface area contributed by atoms with Crippen LogP contribution in [-0.2, 0) is 11.3 Å². The van der Waals surface area contributed by atoms with E-state index in [9.17, 15) is 4.79 Å². The van der Waals surface area contributed by atoms with Crippen LogP contribution in [0.25, 0.3) is 0 Å². The Morgan fingerprint density at radius 3 is 2.56 bits per heavy atom. The summed E-state index contributed by atoms with van der Waals surface area (Å²) in [5.41, 5.74) is 0.918. The van der Waals surface area contributed by atoms with Gasteiger partial charge in [-0.3, -0.25) is 4.79 Å². The SMILES string of the molecule is CCCCOc1ccc(CNC(=O)C(C)Oc2ccc(Cl)cc2)cc1OC. The zero-order valence-electron chi connectivity index (χ0n) is 16.0. The third-order valence-corrected chi connectivity index (χ3v) is 4.20. The summed E-state index contributed by atoms with van der Waals surface area (Å²) in [6.07, 6.45) is 1.44. The first-order valence-electron chi connectivity index (χ1n) is 9.03. The van der Waals surface area contributed by atoms with Crippen LogP contribution in [0.2, 0.25) is 5.02 Å². The number of halogens is 1. The van der Waals surface area contributed by atoms with Gasteiger partial charge in [-0.05, 0) is 55.3 Å². The van der Waals surface area contributed by atoms with Crippen molar-refractivity contribution >= 4 is 17.5 Å². The summed E-state index contributed by atoms with van der Waals surface area (Å²) in [5, 5.41) is 3.49. The molecule has 27 heavy (non-hydrogen) atoms. The Bertz CT molecular complexity index is 733. The highest BCUT2D eigenvalue weighted by Gasteiger charge is 2.15. The molecule has 0 aromatic heterocycles. The van der Waals surface area contributed by atoms with Crippen LogP contribution in [0.3, 0.4) is 0 Å². The molecule has 0 aliphatic rings. The van der Waals surface area contributed by atoms with E-state index in [0.717, 1.165) is 18.4 Å². The van der Waals surface area contributed by atoms with Crippen LogP contribution < -0.4 is 19.5 Å². The zero-order valence-corrected chi connectivity index (χ0v) is 16.7. The molecule has 0 heterocycles. The van der Waals surface area contributed by atoms with Gasteiger partial charge in [0.1, 0.15) is 5.75 Å². The highest BCUT2D eigenvalue weighted by Crippen LogP contribution is 2.28. The number of nitrogens with one attached hydrogen (secondary N) is 1. The van der Waals surface area contributed by atoms with Gasteiger partial charge in [0.2, 0.25) is 0 Å².